The fourth-order valence-corrected chi connectivity index (χ4v) is 5.39. The molecule has 2 aromatic carbocycles. The molecule has 2 aromatic heterocycles. The van der Waals surface area contributed by atoms with Crippen LogP contribution >= 0.6 is 0 Å². The lowest BCUT2D eigenvalue weighted by atomic mass is 9.94. The van der Waals surface area contributed by atoms with Crippen LogP contribution in [-0.4, -0.2) is 43.0 Å². The second kappa shape index (κ2) is 8.55. The van der Waals surface area contributed by atoms with Gasteiger partial charge in [-0.2, -0.15) is 5.10 Å². The van der Waals surface area contributed by atoms with Gasteiger partial charge in [-0.3, -0.25) is 19.3 Å². The van der Waals surface area contributed by atoms with E-state index in [1.54, 1.807) is 36.7 Å². The van der Waals surface area contributed by atoms with Gasteiger partial charge in [0.2, 0.25) is 11.6 Å². The zero-order valence-corrected chi connectivity index (χ0v) is 20.6. The summed E-state index contributed by atoms with van der Waals surface area (Å²) in [5.41, 5.74) is 1.42. The highest BCUT2D eigenvalue weighted by Crippen LogP contribution is 2.45. The molecule has 0 bridgehead atoms. The highest BCUT2D eigenvalue weighted by molar-refractivity contribution is 6.18. The minimum absolute atomic E-state index is 0.141. The molecule has 1 saturated heterocycles. The minimum Gasteiger partial charge on any atom is -0.321 e. The molecule has 2 aliphatic heterocycles. The predicted molar refractivity (Wildman–Crippen MR) is 139 cm³/mol. The lowest BCUT2D eigenvalue weighted by Crippen LogP contribution is -2.69. The zero-order valence-electron chi connectivity index (χ0n) is 20.6. The molecule has 37 heavy (non-hydrogen) atoms. The summed E-state index contributed by atoms with van der Waals surface area (Å²) in [6.07, 6.45) is 3.63. The third kappa shape index (κ3) is 3.49. The van der Waals surface area contributed by atoms with Crippen LogP contribution in [0.4, 0.5) is 11.4 Å². The Morgan fingerprint density at radius 3 is 2.59 bits per heavy atom. The van der Waals surface area contributed by atoms with E-state index in [9.17, 15) is 14.4 Å². The molecule has 1 atom stereocenters. The molecule has 9 nitrogen and oxygen atoms in total. The van der Waals surface area contributed by atoms with Gasteiger partial charge in [-0.25, -0.2) is 9.67 Å². The Morgan fingerprint density at radius 2 is 1.81 bits per heavy atom. The van der Waals surface area contributed by atoms with Crippen molar-refractivity contribution in [1.29, 1.82) is 0 Å². The van der Waals surface area contributed by atoms with Crippen molar-refractivity contribution in [2.45, 2.75) is 44.9 Å². The molecular formula is C28H26N6O3. The Balaban J connectivity index is 1.44. The first-order valence-electron chi connectivity index (χ1n) is 12.3. The number of pyridine rings is 1. The lowest BCUT2D eigenvalue weighted by Gasteiger charge is -2.49. The monoisotopic (exact) mass is 494 g/mol. The van der Waals surface area contributed by atoms with Crippen LogP contribution in [0.2, 0.25) is 0 Å². The van der Waals surface area contributed by atoms with Gasteiger partial charge in [0, 0.05) is 30.8 Å². The molecule has 2 aliphatic rings. The molecule has 0 spiro atoms. The largest absolute Gasteiger partial charge is 0.321 e. The van der Waals surface area contributed by atoms with Crippen LogP contribution in [0, 0.1) is 0 Å². The molecule has 6 rings (SSSR count). The van der Waals surface area contributed by atoms with E-state index in [1.807, 2.05) is 54.9 Å². The van der Waals surface area contributed by atoms with E-state index in [2.05, 4.69) is 15.4 Å². The van der Waals surface area contributed by atoms with Crippen molar-refractivity contribution < 1.29 is 14.4 Å². The summed E-state index contributed by atoms with van der Waals surface area (Å²) in [5.74, 6) is -0.929. The molecule has 0 saturated carbocycles. The number of nitrogens with zero attached hydrogens (tertiary/aromatic N) is 5. The van der Waals surface area contributed by atoms with Crippen LogP contribution in [0.3, 0.4) is 0 Å². The zero-order chi connectivity index (χ0) is 25.7. The summed E-state index contributed by atoms with van der Waals surface area (Å²) in [4.78, 5) is 48.9. The highest BCUT2D eigenvalue weighted by atomic mass is 16.2. The molecule has 1 N–H and O–H groups in total. The third-order valence-electron chi connectivity index (χ3n) is 7.10. The van der Waals surface area contributed by atoms with Crippen molar-refractivity contribution in [3.8, 4) is 0 Å². The SMILES string of the molecule is CC(C)n1ncc2cc(NC(=O)[C@]34CCC(=O)N3c3ccccc3C(=O)N4Cc3ccccc3)cnc21. The molecular weight excluding hydrogens is 468 g/mol. The van der Waals surface area contributed by atoms with Gasteiger partial charge in [0.25, 0.3) is 11.8 Å². The van der Waals surface area contributed by atoms with Crippen LogP contribution in [-0.2, 0) is 16.1 Å². The van der Waals surface area contributed by atoms with E-state index >= 15 is 0 Å². The van der Waals surface area contributed by atoms with Crippen molar-refractivity contribution in [3.63, 3.8) is 0 Å². The van der Waals surface area contributed by atoms with E-state index in [-0.39, 0.29) is 37.2 Å². The Labute approximate surface area is 213 Å². The second-order valence-corrected chi connectivity index (χ2v) is 9.71. The van der Waals surface area contributed by atoms with Crippen molar-refractivity contribution in [1.82, 2.24) is 19.7 Å². The van der Waals surface area contributed by atoms with Gasteiger partial charge in [0.15, 0.2) is 5.65 Å². The number of anilines is 2. The van der Waals surface area contributed by atoms with E-state index in [4.69, 9.17) is 0 Å². The van der Waals surface area contributed by atoms with Gasteiger partial charge in [0.1, 0.15) is 0 Å². The summed E-state index contributed by atoms with van der Waals surface area (Å²) in [6.45, 7) is 4.23. The van der Waals surface area contributed by atoms with Crippen LogP contribution < -0.4 is 10.2 Å². The van der Waals surface area contributed by atoms with E-state index in [1.165, 1.54) is 9.80 Å². The first-order valence-corrected chi connectivity index (χ1v) is 12.3. The van der Waals surface area contributed by atoms with Crippen LogP contribution in [0.1, 0.15) is 48.7 Å². The number of benzene rings is 2. The Morgan fingerprint density at radius 1 is 1.05 bits per heavy atom. The van der Waals surface area contributed by atoms with Gasteiger partial charge < -0.3 is 10.2 Å². The number of carbonyl (C=O) groups excluding carboxylic acids is 3. The Hall–Kier alpha value is -4.53. The Bertz CT molecular complexity index is 1550. The van der Waals surface area contributed by atoms with Gasteiger partial charge in [-0.15, -0.1) is 0 Å². The fraction of sp³-hybridized carbons (Fsp3) is 0.250. The summed E-state index contributed by atoms with van der Waals surface area (Å²) >= 11 is 0. The number of nitrogens with one attached hydrogen (secondary N) is 1. The number of carbonyl (C=O) groups is 3. The fourth-order valence-electron chi connectivity index (χ4n) is 5.39. The Kier molecular flexibility index (Phi) is 5.29. The summed E-state index contributed by atoms with van der Waals surface area (Å²) in [6, 6.07) is 18.4. The van der Waals surface area contributed by atoms with Gasteiger partial charge in [-0.05, 0) is 37.6 Å². The highest BCUT2D eigenvalue weighted by Gasteiger charge is 2.60. The maximum atomic E-state index is 14.2. The van der Waals surface area contributed by atoms with Crippen molar-refractivity contribution in [2.24, 2.45) is 0 Å². The van der Waals surface area contributed by atoms with Gasteiger partial charge in [-0.1, -0.05) is 42.5 Å². The maximum Gasteiger partial charge on any atom is 0.271 e. The first kappa shape index (κ1) is 22.9. The molecule has 0 radical (unpaired) electrons. The predicted octanol–water partition coefficient (Wildman–Crippen LogP) is 4.13. The minimum atomic E-state index is -1.50. The second-order valence-electron chi connectivity index (χ2n) is 9.71. The molecule has 1 fully saturated rings. The summed E-state index contributed by atoms with van der Waals surface area (Å²) in [7, 11) is 0. The number of hydrogen-bond donors (Lipinski definition) is 1. The van der Waals surface area contributed by atoms with E-state index in [0.717, 1.165) is 16.6 Å². The third-order valence-corrected chi connectivity index (χ3v) is 7.10. The van der Waals surface area contributed by atoms with Crippen molar-refractivity contribution in [2.75, 3.05) is 10.2 Å². The first-order chi connectivity index (χ1) is 17.9. The topological polar surface area (TPSA) is 100 Å². The standard InChI is InChI=1S/C28H26N6O3/c1-18(2)34-25-20(15-30-34)14-21(16-29-25)31-27(37)28-13-12-24(35)33(28)23-11-7-6-10-22(23)26(36)32(28)17-19-8-4-3-5-9-19/h3-11,14-16,18H,12-13,17H2,1-2H3,(H,31,37)/t28-/m0/s1. The number of rotatable bonds is 5. The van der Waals surface area contributed by atoms with Gasteiger partial charge in [0.05, 0.1) is 29.3 Å². The normalized spacial score (nSPS) is 18.9. The number of para-hydroxylation sites is 1. The number of fused-ring (bicyclic) bond motifs is 4. The summed E-state index contributed by atoms with van der Waals surface area (Å²) in [5, 5.41) is 8.15. The van der Waals surface area contributed by atoms with Gasteiger partial charge >= 0.3 is 0 Å². The van der Waals surface area contributed by atoms with E-state index < -0.39 is 11.6 Å². The summed E-state index contributed by atoms with van der Waals surface area (Å²) < 4.78 is 1.81. The van der Waals surface area contributed by atoms with Crippen LogP contribution in [0.25, 0.3) is 11.0 Å². The molecule has 0 unspecified atom stereocenters. The van der Waals surface area contributed by atoms with Crippen molar-refractivity contribution in [3.05, 3.63) is 84.2 Å². The molecule has 9 heteroatoms. The molecule has 186 valence electrons. The number of amides is 3. The van der Waals surface area contributed by atoms with Crippen LogP contribution in [0.15, 0.2) is 73.1 Å². The quantitative estimate of drug-likeness (QED) is 0.450. The molecule has 3 amide bonds. The molecule has 4 aromatic rings. The van der Waals surface area contributed by atoms with Crippen molar-refractivity contribution >= 4 is 40.1 Å². The lowest BCUT2D eigenvalue weighted by molar-refractivity contribution is -0.129. The smallest absolute Gasteiger partial charge is 0.271 e. The average molecular weight is 495 g/mol. The molecule has 0 aliphatic carbocycles. The molecule has 4 heterocycles. The number of aromatic nitrogens is 3. The van der Waals surface area contributed by atoms with Crippen LogP contribution in [0.5, 0.6) is 0 Å². The number of hydrogen-bond acceptors (Lipinski definition) is 5. The maximum absolute atomic E-state index is 14.2. The average Bonchev–Trinajstić information content (AvgIpc) is 3.49. The van der Waals surface area contributed by atoms with E-state index in [0.29, 0.717) is 16.9 Å².